The van der Waals surface area contributed by atoms with Gasteiger partial charge in [-0.3, -0.25) is 4.79 Å². The first-order valence-electron chi connectivity index (χ1n) is 5.63. The highest BCUT2D eigenvalue weighted by Crippen LogP contribution is 2.20. The third kappa shape index (κ3) is 2.76. The minimum Gasteiger partial charge on any atom is -0.481 e. The normalized spacial score (nSPS) is 19.3. The molecule has 2 heterocycles. The number of rotatable bonds is 3. The number of carbonyl (C=O) groups is 1. The summed E-state index contributed by atoms with van der Waals surface area (Å²) >= 11 is 0. The monoisotopic (exact) mass is 247 g/mol. The molecule has 94 valence electrons. The largest absolute Gasteiger partial charge is 0.481 e. The van der Waals surface area contributed by atoms with Gasteiger partial charge in [0.05, 0.1) is 37.3 Å². The highest BCUT2D eigenvalue weighted by atomic mass is 16.5. The Hall–Kier alpha value is -2.13. The van der Waals surface area contributed by atoms with Crippen LogP contribution in [0, 0.1) is 11.3 Å². The number of nitriles is 1. The van der Waals surface area contributed by atoms with E-state index in [1.807, 2.05) is 11.0 Å². The average Bonchev–Trinajstić information content (AvgIpc) is 2.39. The van der Waals surface area contributed by atoms with Crippen LogP contribution in [0.5, 0.6) is 0 Å². The SMILES string of the molecule is N#Cc1ccnc(N2CCOCC2CC(=O)O)c1. The molecule has 1 atom stereocenters. The summed E-state index contributed by atoms with van der Waals surface area (Å²) in [6.07, 6.45) is 1.56. The molecule has 0 amide bonds. The first kappa shape index (κ1) is 12.3. The number of hydrogen-bond acceptors (Lipinski definition) is 5. The van der Waals surface area contributed by atoms with Gasteiger partial charge in [0.2, 0.25) is 0 Å². The van der Waals surface area contributed by atoms with Gasteiger partial charge in [-0.1, -0.05) is 0 Å². The number of ether oxygens (including phenoxy) is 1. The first-order chi connectivity index (χ1) is 8.70. The van der Waals surface area contributed by atoms with Gasteiger partial charge in [-0.2, -0.15) is 5.26 Å². The Morgan fingerprint density at radius 2 is 2.56 bits per heavy atom. The Balaban J connectivity index is 2.22. The Morgan fingerprint density at radius 3 is 3.28 bits per heavy atom. The van der Waals surface area contributed by atoms with E-state index in [4.69, 9.17) is 15.1 Å². The van der Waals surface area contributed by atoms with E-state index in [0.29, 0.717) is 31.1 Å². The van der Waals surface area contributed by atoms with E-state index < -0.39 is 5.97 Å². The van der Waals surface area contributed by atoms with Crippen LogP contribution in [0.2, 0.25) is 0 Å². The van der Waals surface area contributed by atoms with Crippen LogP contribution < -0.4 is 4.90 Å². The summed E-state index contributed by atoms with van der Waals surface area (Å²) in [4.78, 5) is 16.9. The number of carboxylic acid groups (broad SMARTS) is 1. The Morgan fingerprint density at radius 1 is 1.72 bits per heavy atom. The molecule has 6 heteroatoms. The van der Waals surface area contributed by atoms with Crippen molar-refractivity contribution >= 4 is 11.8 Å². The lowest BCUT2D eigenvalue weighted by Crippen LogP contribution is -2.47. The molecule has 0 radical (unpaired) electrons. The van der Waals surface area contributed by atoms with E-state index in [2.05, 4.69) is 4.98 Å². The van der Waals surface area contributed by atoms with Crippen LogP contribution in [-0.4, -0.2) is 41.9 Å². The molecule has 0 aromatic carbocycles. The first-order valence-corrected chi connectivity index (χ1v) is 5.63. The van der Waals surface area contributed by atoms with Crippen LogP contribution >= 0.6 is 0 Å². The number of aliphatic carboxylic acids is 1. The third-order valence-corrected chi connectivity index (χ3v) is 2.81. The van der Waals surface area contributed by atoms with Crippen LogP contribution in [0.3, 0.4) is 0 Å². The van der Waals surface area contributed by atoms with Crippen molar-refractivity contribution < 1.29 is 14.6 Å². The van der Waals surface area contributed by atoms with E-state index in [1.54, 1.807) is 18.3 Å². The number of nitrogens with zero attached hydrogens (tertiary/aromatic N) is 3. The molecule has 1 aliphatic rings. The number of anilines is 1. The van der Waals surface area contributed by atoms with Crippen molar-refractivity contribution in [2.45, 2.75) is 12.5 Å². The Labute approximate surface area is 104 Å². The molecule has 1 unspecified atom stereocenters. The summed E-state index contributed by atoms with van der Waals surface area (Å²) in [6, 6.07) is 5.10. The molecule has 1 aliphatic heterocycles. The van der Waals surface area contributed by atoms with Crippen molar-refractivity contribution in [1.82, 2.24) is 4.98 Å². The predicted octanol–water partition coefficient (Wildman–Crippen LogP) is 0.633. The van der Waals surface area contributed by atoms with Gasteiger partial charge in [0.1, 0.15) is 5.82 Å². The zero-order valence-electron chi connectivity index (χ0n) is 9.74. The number of morpholine rings is 1. The summed E-state index contributed by atoms with van der Waals surface area (Å²) < 4.78 is 5.29. The van der Waals surface area contributed by atoms with Crippen molar-refractivity contribution in [3.05, 3.63) is 23.9 Å². The molecule has 0 spiro atoms. The molecular weight excluding hydrogens is 234 g/mol. The fourth-order valence-corrected chi connectivity index (χ4v) is 1.97. The average molecular weight is 247 g/mol. The molecule has 18 heavy (non-hydrogen) atoms. The summed E-state index contributed by atoms with van der Waals surface area (Å²) in [5.74, 6) is -0.240. The smallest absolute Gasteiger partial charge is 0.305 e. The van der Waals surface area contributed by atoms with Crippen LogP contribution in [0.4, 0.5) is 5.82 Å². The van der Waals surface area contributed by atoms with E-state index in [-0.39, 0.29) is 12.5 Å². The van der Waals surface area contributed by atoms with Gasteiger partial charge in [0.15, 0.2) is 0 Å². The maximum Gasteiger partial charge on any atom is 0.305 e. The standard InChI is InChI=1S/C12H13N3O3/c13-7-9-1-2-14-11(5-9)15-3-4-18-8-10(15)6-12(16)17/h1-2,5,10H,3-4,6,8H2,(H,16,17). The van der Waals surface area contributed by atoms with Crippen LogP contribution in [-0.2, 0) is 9.53 Å². The molecule has 1 aromatic heterocycles. The number of aromatic nitrogens is 1. The fraction of sp³-hybridized carbons (Fsp3) is 0.417. The van der Waals surface area contributed by atoms with Crippen molar-refractivity contribution in [3.63, 3.8) is 0 Å². The van der Waals surface area contributed by atoms with E-state index in [1.165, 1.54) is 0 Å². The van der Waals surface area contributed by atoms with Gasteiger partial charge in [-0.15, -0.1) is 0 Å². The summed E-state index contributed by atoms with van der Waals surface area (Å²) in [6.45, 7) is 1.49. The molecule has 2 rings (SSSR count). The van der Waals surface area contributed by atoms with Crippen molar-refractivity contribution in [2.24, 2.45) is 0 Å². The maximum atomic E-state index is 10.8. The highest BCUT2D eigenvalue weighted by molar-refractivity contribution is 5.68. The topological polar surface area (TPSA) is 86.5 Å². The lowest BCUT2D eigenvalue weighted by molar-refractivity contribution is -0.138. The molecule has 0 aliphatic carbocycles. The fourth-order valence-electron chi connectivity index (χ4n) is 1.97. The maximum absolute atomic E-state index is 10.8. The molecule has 1 fully saturated rings. The quantitative estimate of drug-likeness (QED) is 0.843. The molecule has 0 saturated carbocycles. The molecule has 1 N–H and O–H groups in total. The minimum absolute atomic E-state index is 0.00153. The predicted molar refractivity (Wildman–Crippen MR) is 63.2 cm³/mol. The van der Waals surface area contributed by atoms with E-state index >= 15 is 0 Å². The summed E-state index contributed by atoms with van der Waals surface area (Å²) in [7, 11) is 0. The third-order valence-electron chi connectivity index (χ3n) is 2.81. The Kier molecular flexibility index (Phi) is 3.75. The van der Waals surface area contributed by atoms with Gasteiger partial charge >= 0.3 is 5.97 Å². The zero-order valence-corrected chi connectivity index (χ0v) is 9.74. The summed E-state index contributed by atoms with van der Waals surface area (Å²) in [5, 5.41) is 17.7. The second-order valence-corrected chi connectivity index (χ2v) is 4.03. The lowest BCUT2D eigenvalue weighted by atomic mass is 10.1. The van der Waals surface area contributed by atoms with Gasteiger partial charge in [-0.25, -0.2) is 4.98 Å². The number of carboxylic acids is 1. The minimum atomic E-state index is -0.869. The zero-order chi connectivity index (χ0) is 13.0. The van der Waals surface area contributed by atoms with Crippen LogP contribution in [0.15, 0.2) is 18.3 Å². The highest BCUT2D eigenvalue weighted by Gasteiger charge is 2.26. The number of pyridine rings is 1. The van der Waals surface area contributed by atoms with Crippen LogP contribution in [0.25, 0.3) is 0 Å². The van der Waals surface area contributed by atoms with E-state index in [9.17, 15) is 4.79 Å². The van der Waals surface area contributed by atoms with Gasteiger partial charge in [0.25, 0.3) is 0 Å². The second-order valence-electron chi connectivity index (χ2n) is 4.03. The molecule has 1 saturated heterocycles. The van der Waals surface area contributed by atoms with Crippen molar-refractivity contribution in [1.29, 1.82) is 5.26 Å². The van der Waals surface area contributed by atoms with Gasteiger partial charge in [-0.05, 0) is 12.1 Å². The van der Waals surface area contributed by atoms with Crippen molar-refractivity contribution in [2.75, 3.05) is 24.7 Å². The summed E-state index contributed by atoms with van der Waals surface area (Å²) in [5.41, 5.74) is 0.514. The van der Waals surface area contributed by atoms with Gasteiger partial charge in [0, 0.05) is 12.7 Å². The van der Waals surface area contributed by atoms with Gasteiger partial charge < -0.3 is 14.7 Å². The van der Waals surface area contributed by atoms with Crippen LogP contribution in [0.1, 0.15) is 12.0 Å². The van der Waals surface area contributed by atoms with Crippen molar-refractivity contribution in [3.8, 4) is 6.07 Å². The lowest BCUT2D eigenvalue weighted by Gasteiger charge is -2.35. The van der Waals surface area contributed by atoms with E-state index in [0.717, 1.165) is 0 Å². The molecular formula is C12H13N3O3. The molecule has 6 nitrogen and oxygen atoms in total. The number of hydrogen-bond donors (Lipinski definition) is 1. The second kappa shape index (κ2) is 5.47. The molecule has 0 bridgehead atoms. The molecule has 1 aromatic rings. The Bertz CT molecular complexity index is 484.